The second-order valence-electron chi connectivity index (χ2n) is 44.4. The van der Waals surface area contributed by atoms with Crippen molar-refractivity contribution in [2.45, 2.75) is 226 Å². The van der Waals surface area contributed by atoms with Gasteiger partial charge in [0.15, 0.2) is 0 Å². The Kier molecular flexibility index (Phi) is 43.4. The molecule has 144 heavy (non-hydrogen) atoms. The van der Waals surface area contributed by atoms with Gasteiger partial charge in [0.05, 0.1) is 59.3 Å². The van der Waals surface area contributed by atoms with Gasteiger partial charge < -0.3 is 122 Å². The average Bonchev–Trinajstić information content (AvgIpc) is 1.61. The fourth-order valence-corrected chi connectivity index (χ4v) is 19.3. The number of nitrogen functional groups attached to an aromatic ring is 1. The quantitative estimate of drug-likeness (QED) is 0.0107. The molecule has 6 amide bonds. The molecule has 794 valence electrons. The number of nitrogens with two attached hydrogens (primary N) is 2. The third-order valence-electron chi connectivity index (χ3n) is 26.5. The molecule has 5 aliphatic heterocycles. The molecule has 0 atom stereocenters. The summed E-state index contributed by atoms with van der Waals surface area (Å²) in [7, 11) is 14.3. The number of amides is 6. The van der Waals surface area contributed by atoms with Gasteiger partial charge in [0, 0.05) is 152 Å². The zero-order valence-corrected chi connectivity index (χ0v) is 90.0. The summed E-state index contributed by atoms with van der Waals surface area (Å²) >= 11 is 0. The number of nitrogens with zero attached hydrogens (tertiary/aromatic N) is 7. The number of hydrogen-bond acceptors (Lipinski definition) is 27. The summed E-state index contributed by atoms with van der Waals surface area (Å²) in [5.74, 6) is -4.90. The summed E-state index contributed by atoms with van der Waals surface area (Å²) in [5.41, 5.74) is 11.8. The maximum atomic E-state index is 14.6. The van der Waals surface area contributed by atoms with Crippen LogP contribution in [-0.4, -0.2) is 313 Å². The van der Waals surface area contributed by atoms with Crippen LogP contribution in [0.15, 0.2) is 91.0 Å². The molecule has 10 fully saturated rings. The van der Waals surface area contributed by atoms with E-state index < -0.39 is 63.6 Å². The van der Waals surface area contributed by atoms with Gasteiger partial charge in [0.2, 0.25) is 0 Å². The van der Waals surface area contributed by atoms with Crippen LogP contribution in [0, 0.1) is 56.2 Å². The SMILES string of the molecule is CC(C)(C)OC(=O)N1CCC2(CC(=O)C2)C1.CC(C)(C)OC(=O)N1CCC2(CC(Nc3ccc(C(=O)O)cc3F)C2)C1.CN(C)CCN.CN(C)CCNC(=O)c1ccc(NC2CC3(CCN(C(=O)OC(C)(C)C)C3)C2)c(F)c1.CN(C)CCNC(=O)c1ccc(NC2CC3(CCNC3)C2)c(F)c1.COC(=O)c1ccc(N)c(F)c1.COC(=O)c1ccc(NC2CC3(CCN(C(=O)OC(C)(C)C)C3)C2)c(F)c1.[Na+].[OH-]. The summed E-state index contributed by atoms with van der Waals surface area (Å²) in [6, 6.07) is 21.9. The first-order valence-electron chi connectivity index (χ1n) is 48.9. The Morgan fingerprint density at radius 2 is 0.694 bits per heavy atom. The minimum atomic E-state index is -1.15. The van der Waals surface area contributed by atoms with Gasteiger partial charge in [0.1, 0.15) is 57.3 Å². The molecule has 5 aromatic rings. The number of ketones is 1. The van der Waals surface area contributed by atoms with Crippen molar-refractivity contribution in [3.63, 3.8) is 0 Å². The molecule has 5 saturated carbocycles. The van der Waals surface area contributed by atoms with Gasteiger partial charge in [-0.1, -0.05) is 0 Å². The summed E-state index contributed by atoms with van der Waals surface area (Å²) in [4.78, 5) is 130. The molecule has 5 aromatic carbocycles. The first kappa shape index (κ1) is 121. The number of esters is 2. The van der Waals surface area contributed by atoms with E-state index in [0.717, 1.165) is 135 Å². The van der Waals surface area contributed by atoms with Gasteiger partial charge in [-0.25, -0.2) is 55.5 Å². The number of carbonyl (C=O) groups is 10. The monoisotopic (exact) mass is 2030 g/mol. The molecule has 10 aliphatic rings. The van der Waals surface area contributed by atoms with Crippen LogP contribution in [-0.2, 0) is 33.2 Å². The predicted octanol–water partition coefficient (Wildman–Crippen LogP) is 12.0. The fraction of sp³-hybridized carbons (Fsp3) is 0.615. The predicted molar refractivity (Wildman–Crippen MR) is 538 cm³/mol. The number of halogens is 5. The number of methoxy groups -OCH3 is 2. The Morgan fingerprint density at radius 1 is 0.417 bits per heavy atom. The number of aromatic carboxylic acids is 1. The van der Waals surface area contributed by atoms with Crippen molar-refractivity contribution in [1.82, 2.24) is 50.2 Å². The maximum Gasteiger partial charge on any atom is 1.00 e. The molecule has 0 radical (unpaired) electrons. The molecule has 5 saturated heterocycles. The fourth-order valence-electron chi connectivity index (χ4n) is 19.3. The number of anilines is 5. The Morgan fingerprint density at radius 3 is 0.958 bits per heavy atom. The zero-order valence-electron chi connectivity index (χ0n) is 88.0. The first-order chi connectivity index (χ1) is 66.3. The zero-order chi connectivity index (χ0) is 105. The third kappa shape index (κ3) is 36.3. The standard InChI is InChI=1S/C23H35FN4O3.C20H27FN2O4.C19H25FN2O4.C18H27FN4O.C12H19NO3.C8H8FNO2.C4H12N2.Na.H2O/c1-22(2,3)31-21(30)28-10-8-23(15-28)13-17(14-23)26-19-7-6-16(12-18(19)24)20(29)25-9-11-27(4)5;1-19(2,3)27-18(25)23-8-7-20(12-23)10-14(11-20)22-16-6-5-13(9-15(16)21)17(24)26-4;1-18(2,3)26-17(25)22-7-6-19(11-22)9-13(10-19)21-15-5-4-12(16(23)24)8-14(15)20;1-23(2)8-7-21-17(24)13-3-4-16(15(19)9-13)22-14-10-18(11-14)5-6-20-12-18;1-11(2,3)16-10(15)13-5-4-12(8-13)6-9(14)7-12;1-12-8(11)5-2-3-7(10)6(9)4-5;1-6(2)4-3-5;;/h6-7,12,17,26H,8-11,13-15H2,1-5H3,(H,25,29);5-6,9,14,22H,7-8,10-12H2,1-4H3;4-5,8,13,21H,6-7,9-11H2,1-3H3,(H,23,24);3-4,9,14,20,22H,5-8,10-12H2,1-2H3,(H,21,24);4-8H2,1-3H3;2-4H,10H2,1H3;3-5H2,1-2H3;;1H2/q;;;;;;;+1;/p-1. The van der Waals surface area contributed by atoms with Crippen molar-refractivity contribution >= 4 is 88.3 Å². The molecular formula is C104H154F5N16NaO18. The summed E-state index contributed by atoms with van der Waals surface area (Å²) in [6.07, 6.45) is 12.6. The van der Waals surface area contributed by atoms with Gasteiger partial charge in [0.25, 0.3) is 11.8 Å². The van der Waals surface area contributed by atoms with Crippen molar-refractivity contribution < 1.29 is 138 Å². The van der Waals surface area contributed by atoms with E-state index in [-0.39, 0.29) is 139 Å². The number of ether oxygens (including phenoxy) is 6. The van der Waals surface area contributed by atoms with Gasteiger partial charge in [-0.2, -0.15) is 0 Å². The third-order valence-corrected chi connectivity index (χ3v) is 26.5. The molecule has 5 heterocycles. The van der Waals surface area contributed by atoms with E-state index in [1.807, 2.05) is 135 Å². The molecule has 0 bridgehead atoms. The molecule has 0 aromatic heterocycles. The summed E-state index contributed by atoms with van der Waals surface area (Å²) < 4.78 is 100. The largest absolute Gasteiger partial charge is 1.00 e. The van der Waals surface area contributed by atoms with E-state index in [1.165, 1.54) is 63.1 Å². The minimum Gasteiger partial charge on any atom is -0.870 e. The number of benzene rings is 5. The molecule has 13 N–H and O–H groups in total. The molecule has 5 aliphatic carbocycles. The van der Waals surface area contributed by atoms with E-state index in [2.05, 4.69) is 51.6 Å². The van der Waals surface area contributed by atoms with Crippen molar-refractivity contribution in [3.8, 4) is 0 Å². The van der Waals surface area contributed by atoms with E-state index in [4.69, 9.17) is 35.5 Å². The van der Waals surface area contributed by atoms with Crippen LogP contribution in [0.25, 0.3) is 0 Å². The Hall–Kier alpha value is -10.4. The normalized spacial score (nSPS) is 22.2. The van der Waals surface area contributed by atoms with Crippen LogP contribution < -0.4 is 78.2 Å². The Balaban J connectivity index is 0.000000235. The minimum absolute atomic E-state index is 0. The van der Waals surface area contributed by atoms with Gasteiger partial charge in [-0.15, -0.1) is 0 Å². The van der Waals surface area contributed by atoms with E-state index >= 15 is 0 Å². The smallest absolute Gasteiger partial charge is 0.870 e. The molecule has 15 rings (SSSR count). The molecule has 0 unspecified atom stereocenters. The van der Waals surface area contributed by atoms with E-state index in [1.54, 1.807) is 56.0 Å². The van der Waals surface area contributed by atoms with E-state index in [0.29, 0.717) is 123 Å². The Labute approximate surface area is 866 Å². The number of carbonyl (C=O) groups excluding carboxylic acids is 9. The van der Waals surface area contributed by atoms with Crippen LogP contribution in [0.3, 0.4) is 0 Å². The number of Topliss-reactive ketones (excluding diaryl/α,β-unsaturated/α-hetero) is 1. The Bertz CT molecular complexity index is 5190. The number of likely N-dealkylation sites (N-methyl/N-ethyl adjacent to an activating group) is 3. The van der Waals surface area contributed by atoms with Gasteiger partial charge in [-0.3, -0.25) is 14.4 Å². The van der Waals surface area contributed by atoms with Crippen molar-refractivity contribution in [1.29, 1.82) is 0 Å². The number of nitrogens with one attached hydrogen (secondary N) is 7. The van der Waals surface area contributed by atoms with Crippen molar-refractivity contribution in [2.24, 2.45) is 32.8 Å². The van der Waals surface area contributed by atoms with Gasteiger partial charge >= 0.3 is 71.8 Å². The number of carboxylic acids is 1. The van der Waals surface area contributed by atoms with Crippen LogP contribution in [0.2, 0.25) is 0 Å². The first-order valence-corrected chi connectivity index (χ1v) is 48.9. The molecule has 5 spiro atoms. The summed E-state index contributed by atoms with van der Waals surface area (Å²) in [6.45, 7) is 34.3. The summed E-state index contributed by atoms with van der Waals surface area (Å²) in [5, 5.41) is 30.8. The van der Waals surface area contributed by atoms with Gasteiger partial charge in [-0.05, 0) is 328 Å². The van der Waals surface area contributed by atoms with Crippen LogP contribution in [0.5, 0.6) is 0 Å². The second-order valence-corrected chi connectivity index (χ2v) is 44.4. The maximum absolute atomic E-state index is 14.6. The van der Waals surface area contributed by atoms with Crippen LogP contribution in [0.4, 0.5) is 69.6 Å². The average molecular weight is 2030 g/mol. The second kappa shape index (κ2) is 51.8. The number of rotatable bonds is 21. The van der Waals surface area contributed by atoms with E-state index in [9.17, 15) is 69.9 Å². The van der Waals surface area contributed by atoms with Crippen LogP contribution in [0.1, 0.15) is 231 Å². The molecule has 40 heteroatoms. The number of hydrogen-bond donors (Lipinski definition) is 10. The van der Waals surface area contributed by atoms with Crippen molar-refractivity contribution in [2.75, 3.05) is 188 Å². The van der Waals surface area contributed by atoms with Crippen molar-refractivity contribution in [3.05, 3.63) is 148 Å². The van der Waals surface area contributed by atoms with Crippen LogP contribution >= 0.6 is 0 Å². The molecule has 34 nitrogen and oxygen atoms in total. The topological polar surface area (TPSA) is 435 Å². The molecular weight excluding hydrogens is 1880 g/mol. The number of likely N-dealkylation sites (tertiary alicyclic amines) is 4. The number of carboxylic acid groups (broad SMARTS) is 1.